The van der Waals surface area contributed by atoms with Crippen LogP contribution in [0.4, 0.5) is 0 Å². The van der Waals surface area contributed by atoms with E-state index in [-0.39, 0.29) is 11.5 Å². The van der Waals surface area contributed by atoms with E-state index in [0.717, 1.165) is 11.3 Å². The van der Waals surface area contributed by atoms with Gasteiger partial charge in [0.1, 0.15) is 16.9 Å². The number of para-hydroxylation sites is 1. The molecule has 5 rings (SSSR count). The molecule has 176 valence electrons. The second kappa shape index (κ2) is 9.23. The molecule has 3 aromatic heterocycles. The number of fused-ring (bicyclic) bond motifs is 1. The number of halogens is 1. The quantitative estimate of drug-likeness (QED) is 0.389. The molecule has 0 saturated carbocycles. The first-order valence-corrected chi connectivity index (χ1v) is 11.5. The highest BCUT2D eigenvalue weighted by atomic mass is 35.5. The number of benzene rings is 2. The molecule has 5 aromatic rings. The maximum atomic E-state index is 13.7. The van der Waals surface area contributed by atoms with Crippen molar-refractivity contribution in [3.63, 3.8) is 0 Å². The molecule has 1 atom stereocenters. The van der Waals surface area contributed by atoms with E-state index < -0.39 is 6.04 Å². The largest absolute Gasteiger partial charge is 0.350 e. The molecular weight excluding hydrogens is 464 g/mol. The molecule has 0 unspecified atom stereocenters. The molecule has 3 heterocycles. The molecule has 0 aliphatic heterocycles. The van der Waals surface area contributed by atoms with Crippen LogP contribution in [-0.2, 0) is 11.3 Å². The Morgan fingerprint density at radius 3 is 2.37 bits per heavy atom. The summed E-state index contributed by atoms with van der Waals surface area (Å²) in [4.78, 5) is 26.7. The van der Waals surface area contributed by atoms with Crippen LogP contribution in [0.3, 0.4) is 0 Å². The molecule has 0 aliphatic rings. The fraction of sp³-hybridized carbons (Fsp3) is 0.154. The lowest BCUT2D eigenvalue weighted by Crippen LogP contribution is -2.37. The van der Waals surface area contributed by atoms with Crippen LogP contribution in [0.25, 0.3) is 22.4 Å². The summed E-state index contributed by atoms with van der Waals surface area (Å²) in [5.74, 6) is 0.278. The molecule has 0 spiro atoms. The van der Waals surface area contributed by atoms with Crippen molar-refractivity contribution in [3.05, 3.63) is 106 Å². The van der Waals surface area contributed by atoms with Gasteiger partial charge in [-0.25, -0.2) is 9.36 Å². The van der Waals surface area contributed by atoms with E-state index in [2.05, 4.69) is 10.4 Å². The molecular formula is C26H23ClN6O2. The van der Waals surface area contributed by atoms with Crippen molar-refractivity contribution in [1.29, 1.82) is 0 Å². The van der Waals surface area contributed by atoms with Gasteiger partial charge in [0.25, 0.3) is 5.56 Å². The third-order valence-electron chi connectivity index (χ3n) is 5.86. The first-order chi connectivity index (χ1) is 16.9. The minimum absolute atomic E-state index is 0.314. The number of nitrogens with one attached hydrogen (secondary N) is 1. The fourth-order valence-corrected chi connectivity index (χ4v) is 4.13. The number of carbonyl (C=O) groups excluding carboxylic acids is 1. The first kappa shape index (κ1) is 22.6. The molecule has 1 amide bonds. The van der Waals surface area contributed by atoms with Gasteiger partial charge >= 0.3 is 0 Å². The molecule has 0 fully saturated rings. The molecule has 9 heteroatoms. The van der Waals surface area contributed by atoms with Gasteiger partial charge in [0, 0.05) is 24.0 Å². The summed E-state index contributed by atoms with van der Waals surface area (Å²) in [5, 5.41) is 13.1. The van der Waals surface area contributed by atoms with E-state index in [1.807, 2.05) is 71.6 Å². The van der Waals surface area contributed by atoms with Crippen LogP contribution in [0.1, 0.15) is 24.2 Å². The standard InChI is InChI=1S/C26H23ClN6O2/c1-17-23-22(25(31-14-6-7-15-31)33(30-23)21-8-4-3-5-9-21)26(35)32(29-17)18(2)24(34)28-16-19-10-12-20(27)13-11-19/h3-15,18H,16H2,1-2H3,(H,28,34)/t18-/m1/s1. The lowest BCUT2D eigenvalue weighted by atomic mass is 10.2. The SMILES string of the molecule is Cc1nn([C@H](C)C(=O)NCc2ccc(Cl)cc2)c(=O)c2c(-n3cccc3)n(-c3ccccc3)nc12. The Balaban J connectivity index is 1.58. The molecule has 0 radical (unpaired) electrons. The number of rotatable bonds is 6. The van der Waals surface area contributed by atoms with E-state index in [1.54, 1.807) is 30.7 Å². The smallest absolute Gasteiger partial charge is 0.280 e. The highest BCUT2D eigenvalue weighted by molar-refractivity contribution is 6.30. The number of hydrogen-bond acceptors (Lipinski definition) is 4. The zero-order chi connectivity index (χ0) is 24.5. The Kier molecular flexibility index (Phi) is 5.96. The van der Waals surface area contributed by atoms with E-state index in [1.165, 1.54) is 4.68 Å². The van der Waals surface area contributed by atoms with Gasteiger partial charge in [-0.2, -0.15) is 10.2 Å². The van der Waals surface area contributed by atoms with Gasteiger partial charge in [0.05, 0.1) is 11.4 Å². The zero-order valence-electron chi connectivity index (χ0n) is 19.2. The molecule has 0 aliphatic carbocycles. The van der Waals surface area contributed by atoms with Crippen molar-refractivity contribution in [2.24, 2.45) is 0 Å². The molecule has 0 saturated heterocycles. The molecule has 8 nitrogen and oxygen atoms in total. The minimum Gasteiger partial charge on any atom is -0.350 e. The van der Waals surface area contributed by atoms with Crippen molar-refractivity contribution in [1.82, 2.24) is 29.4 Å². The average molecular weight is 487 g/mol. The minimum atomic E-state index is -0.824. The predicted molar refractivity (Wildman–Crippen MR) is 135 cm³/mol. The number of aromatic nitrogens is 5. The summed E-state index contributed by atoms with van der Waals surface area (Å²) in [6, 6.07) is 19.8. The van der Waals surface area contributed by atoms with Gasteiger partial charge in [0.15, 0.2) is 5.82 Å². The Morgan fingerprint density at radius 1 is 1.00 bits per heavy atom. The van der Waals surface area contributed by atoms with Crippen LogP contribution < -0.4 is 10.9 Å². The lowest BCUT2D eigenvalue weighted by molar-refractivity contribution is -0.124. The number of carbonyl (C=O) groups is 1. The van der Waals surface area contributed by atoms with Crippen molar-refractivity contribution in [2.45, 2.75) is 26.4 Å². The summed E-state index contributed by atoms with van der Waals surface area (Å²) in [7, 11) is 0. The summed E-state index contributed by atoms with van der Waals surface area (Å²) in [6.45, 7) is 3.77. The molecule has 1 N–H and O–H groups in total. The van der Waals surface area contributed by atoms with E-state index in [9.17, 15) is 9.59 Å². The monoisotopic (exact) mass is 486 g/mol. The Morgan fingerprint density at radius 2 is 1.69 bits per heavy atom. The van der Waals surface area contributed by atoms with Crippen LogP contribution in [-0.4, -0.2) is 30.0 Å². The van der Waals surface area contributed by atoms with Crippen molar-refractivity contribution in [2.75, 3.05) is 0 Å². The van der Waals surface area contributed by atoms with E-state index >= 15 is 0 Å². The van der Waals surface area contributed by atoms with E-state index in [4.69, 9.17) is 16.7 Å². The van der Waals surface area contributed by atoms with Gasteiger partial charge in [-0.15, -0.1) is 0 Å². The number of aryl methyl sites for hydroxylation is 1. The summed E-state index contributed by atoms with van der Waals surface area (Å²) in [5.41, 5.74) is 2.38. The van der Waals surface area contributed by atoms with Crippen LogP contribution in [0, 0.1) is 6.92 Å². The van der Waals surface area contributed by atoms with Crippen molar-refractivity contribution < 1.29 is 4.79 Å². The van der Waals surface area contributed by atoms with Gasteiger partial charge in [0.2, 0.25) is 5.91 Å². The van der Waals surface area contributed by atoms with Crippen molar-refractivity contribution in [3.8, 4) is 11.5 Å². The Hall–Kier alpha value is -4.17. The van der Waals surface area contributed by atoms with Crippen LogP contribution in [0.2, 0.25) is 5.02 Å². The van der Waals surface area contributed by atoms with Crippen molar-refractivity contribution >= 4 is 28.4 Å². The number of nitrogens with zero attached hydrogens (tertiary/aromatic N) is 5. The fourth-order valence-electron chi connectivity index (χ4n) is 4.00. The third-order valence-corrected chi connectivity index (χ3v) is 6.11. The number of hydrogen-bond donors (Lipinski definition) is 1. The molecule has 0 bridgehead atoms. The van der Waals surface area contributed by atoms with Gasteiger partial charge < -0.3 is 9.88 Å². The average Bonchev–Trinajstić information content (AvgIpc) is 3.54. The highest BCUT2D eigenvalue weighted by Crippen LogP contribution is 2.25. The maximum absolute atomic E-state index is 13.7. The van der Waals surface area contributed by atoms with Gasteiger partial charge in [-0.3, -0.25) is 9.59 Å². The predicted octanol–water partition coefficient (Wildman–Crippen LogP) is 4.21. The summed E-state index contributed by atoms with van der Waals surface area (Å²) < 4.78 is 4.81. The number of amides is 1. The Bertz CT molecular complexity index is 1550. The topological polar surface area (TPSA) is 86.7 Å². The first-order valence-electron chi connectivity index (χ1n) is 11.2. The summed E-state index contributed by atoms with van der Waals surface area (Å²) >= 11 is 5.93. The second-order valence-electron chi connectivity index (χ2n) is 8.24. The van der Waals surface area contributed by atoms with Gasteiger partial charge in [-0.1, -0.05) is 41.9 Å². The Labute approximate surface area is 206 Å². The lowest BCUT2D eigenvalue weighted by Gasteiger charge is -2.15. The van der Waals surface area contributed by atoms with E-state index in [0.29, 0.717) is 34.0 Å². The van der Waals surface area contributed by atoms with Crippen LogP contribution in [0.15, 0.2) is 83.9 Å². The van der Waals surface area contributed by atoms with Crippen LogP contribution in [0.5, 0.6) is 0 Å². The maximum Gasteiger partial charge on any atom is 0.280 e. The van der Waals surface area contributed by atoms with Gasteiger partial charge in [-0.05, 0) is 55.8 Å². The molecule has 35 heavy (non-hydrogen) atoms. The molecule has 2 aromatic carbocycles. The second-order valence-corrected chi connectivity index (χ2v) is 8.68. The normalized spacial score (nSPS) is 12.1. The zero-order valence-corrected chi connectivity index (χ0v) is 20.0. The van der Waals surface area contributed by atoms with Crippen LogP contribution >= 0.6 is 11.6 Å². The highest BCUT2D eigenvalue weighted by Gasteiger charge is 2.25. The third kappa shape index (κ3) is 4.24. The summed E-state index contributed by atoms with van der Waals surface area (Å²) in [6.07, 6.45) is 3.72.